The highest BCUT2D eigenvalue weighted by Crippen LogP contribution is 2.29. The van der Waals surface area contributed by atoms with Gasteiger partial charge in [-0.2, -0.15) is 0 Å². The minimum Gasteiger partial charge on any atom is -0.462 e. The van der Waals surface area contributed by atoms with Crippen LogP contribution in [0.1, 0.15) is 23.5 Å². The first-order valence-electron chi connectivity index (χ1n) is 4.99. The zero-order valence-corrected chi connectivity index (χ0v) is 10.3. The van der Waals surface area contributed by atoms with E-state index in [1.165, 1.54) is 11.3 Å². The molecular weight excluding hydrogens is 224 g/mol. The Kier molecular flexibility index (Phi) is 4.37. The van der Waals surface area contributed by atoms with Gasteiger partial charge in [-0.05, 0) is 19.9 Å². The average molecular weight is 240 g/mol. The maximum Gasteiger partial charge on any atom is 0.350 e. The number of nitrogens with one attached hydrogen (secondary N) is 1. The number of nitrogen functional groups attached to an aromatic ring is 1. The number of esters is 1. The Hall–Kier alpha value is -1.49. The zero-order chi connectivity index (χ0) is 12.1. The van der Waals surface area contributed by atoms with Gasteiger partial charge >= 0.3 is 5.97 Å². The minimum absolute atomic E-state index is 0.352. The molecule has 16 heavy (non-hydrogen) atoms. The van der Waals surface area contributed by atoms with Crippen LogP contribution in [0.15, 0.2) is 18.2 Å². The first kappa shape index (κ1) is 12.6. The van der Waals surface area contributed by atoms with Crippen LogP contribution in [-0.4, -0.2) is 19.1 Å². The normalized spacial score (nSPS) is 9.88. The van der Waals surface area contributed by atoms with E-state index in [1.807, 2.05) is 6.92 Å². The SMILES string of the molecule is C=C(C)CNc1cc(N)c(C(=O)OCC)s1. The Morgan fingerprint density at radius 1 is 1.69 bits per heavy atom. The molecular formula is C11H16N2O2S. The molecule has 0 aliphatic rings. The topological polar surface area (TPSA) is 64.3 Å². The van der Waals surface area contributed by atoms with E-state index in [4.69, 9.17) is 10.5 Å². The van der Waals surface area contributed by atoms with E-state index in [0.717, 1.165) is 10.6 Å². The number of nitrogens with two attached hydrogens (primary N) is 1. The zero-order valence-electron chi connectivity index (χ0n) is 9.50. The molecule has 5 heteroatoms. The molecule has 0 aliphatic heterocycles. The van der Waals surface area contributed by atoms with Gasteiger partial charge in [-0.25, -0.2) is 4.79 Å². The highest BCUT2D eigenvalue weighted by atomic mass is 32.1. The number of hydrogen-bond donors (Lipinski definition) is 2. The van der Waals surface area contributed by atoms with E-state index in [9.17, 15) is 4.79 Å². The predicted octanol–water partition coefficient (Wildman–Crippen LogP) is 2.50. The molecule has 1 heterocycles. The van der Waals surface area contributed by atoms with E-state index >= 15 is 0 Å². The standard InChI is InChI=1S/C11H16N2O2S/c1-4-15-11(14)10-8(12)5-9(16-10)13-6-7(2)3/h5,13H,2,4,6,12H2,1,3H3. The minimum atomic E-state index is -0.367. The van der Waals surface area contributed by atoms with E-state index in [2.05, 4.69) is 11.9 Å². The molecule has 0 atom stereocenters. The number of ether oxygens (including phenoxy) is 1. The summed E-state index contributed by atoms with van der Waals surface area (Å²) < 4.78 is 4.89. The molecule has 1 rings (SSSR count). The largest absolute Gasteiger partial charge is 0.462 e. The van der Waals surface area contributed by atoms with Crippen molar-refractivity contribution < 1.29 is 9.53 Å². The van der Waals surface area contributed by atoms with Gasteiger partial charge < -0.3 is 15.8 Å². The Morgan fingerprint density at radius 3 is 2.94 bits per heavy atom. The first-order chi connectivity index (χ1) is 7.54. The van der Waals surface area contributed by atoms with Crippen molar-refractivity contribution >= 4 is 28.0 Å². The van der Waals surface area contributed by atoms with Gasteiger partial charge in [0.05, 0.1) is 17.3 Å². The number of carbonyl (C=O) groups excluding carboxylic acids is 1. The van der Waals surface area contributed by atoms with Gasteiger partial charge in [-0.15, -0.1) is 11.3 Å². The molecule has 0 aliphatic carbocycles. The van der Waals surface area contributed by atoms with Crippen molar-refractivity contribution in [3.63, 3.8) is 0 Å². The number of hydrogen-bond acceptors (Lipinski definition) is 5. The third kappa shape index (κ3) is 3.27. The van der Waals surface area contributed by atoms with Crippen molar-refractivity contribution in [1.29, 1.82) is 0 Å². The lowest BCUT2D eigenvalue weighted by Gasteiger charge is -2.01. The Balaban J connectivity index is 2.73. The molecule has 0 fully saturated rings. The third-order valence-electron chi connectivity index (χ3n) is 1.79. The summed E-state index contributed by atoms with van der Waals surface area (Å²) >= 11 is 1.30. The summed E-state index contributed by atoms with van der Waals surface area (Å²) in [5.74, 6) is -0.367. The van der Waals surface area contributed by atoms with Gasteiger partial charge in [-0.3, -0.25) is 0 Å². The van der Waals surface area contributed by atoms with Crippen LogP contribution < -0.4 is 11.1 Å². The van der Waals surface area contributed by atoms with Crippen molar-refractivity contribution in [1.82, 2.24) is 0 Å². The van der Waals surface area contributed by atoms with Gasteiger partial charge in [0.1, 0.15) is 4.88 Å². The van der Waals surface area contributed by atoms with E-state index < -0.39 is 0 Å². The molecule has 88 valence electrons. The van der Waals surface area contributed by atoms with E-state index in [0.29, 0.717) is 23.7 Å². The van der Waals surface area contributed by atoms with Crippen LogP contribution in [-0.2, 0) is 4.74 Å². The Bertz CT molecular complexity index is 399. The summed E-state index contributed by atoms with van der Waals surface area (Å²) in [4.78, 5) is 11.9. The predicted molar refractivity (Wildman–Crippen MR) is 68.0 cm³/mol. The fourth-order valence-electron chi connectivity index (χ4n) is 1.09. The smallest absolute Gasteiger partial charge is 0.350 e. The highest BCUT2D eigenvalue weighted by Gasteiger charge is 2.15. The van der Waals surface area contributed by atoms with Crippen molar-refractivity contribution in [3.8, 4) is 0 Å². The highest BCUT2D eigenvalue weighted by molar-refractivity contribution is 7.18. The second-order valence-corrected chi connectivity index (χ2v) is 4.48. The Labute approximate surface area is 99.1 Å². The lowest BCUT2D eigenvalue weighted by Crippen LogP contribution is -2.04. The summed E-state index contributed by atoms with van der Waals surface area (Å²) in [7, 11) is 0. The summed E-state index contributed by atoms with van der Waals surface area (Å²) in [5.41, 5.74) is 7.20. The number of thiophene rings is 1. The van der Waals surface area contributed by atoms with Crippen LogP contribution in [0.4, 0.5) is 10.7 Å². The molecule has 0 aromatic carbocycles. The molecule has 0 saturated carbocycles. The molecule has 0 bridgehead atoms. The molecule has 0 amide bonds. The molecule has 1 aromatic heterocycles. The molecule has 0 saturated heterocycles. The van der Waals surface area contributed by atoms with Crippen LogP contribution in [0.3, 0.4) is 0 Å². The number of carbonyl (C=O) groups is 1. The second kappa shape index (κ2) is 5.55. The lowest BCUT2D eigenvalue weighted by atomic mass is 10.3. The molecule has 0 radical (unpaired) electrons. The van der Waals surface area contributed by atoms with Gasteiger partial charge in [0, 0.05) is 6.54 Å². The van der Waals surface area contributed by atoms with Gasteiger partial charge in [0.25, 0.3) is 0 Å². The van der Waals surface area contributed by atoms with Crippen molar-refractivity contribution in [2.45, 2.75) is 13.8 Å². The number of anilines is 2. The summed E-state index contributed by atoms with van der Waals surface area (Å²) in [6.07, 6.45) is 0. The van der Waals surface area contributed by atoms with Crippen LogP contribution in [0.25, 0.3) is 0 Å². The fraction of sp³-hybridized carbons (Fsp3) is 0.364. The summed E-state index contributed by atoms with van der Waals surface area (Å²) in [6, 6.07) is 1.74. The quantitative estimate of drug-likeness (QED) is 0.613. The van der Waals surface area contributed by atoms with Crippen LogP contribution in [0.2, 0.25) is 0 Å². The molecule has 0 spiro atoms. The summed E-state index contributed by atoms with van der Waals surface area (Å²) in [5, 5.41) is 3.98. The van der Waals surface area contributed by atoms with Crippen LogP contribution in [0.5, 0.6) is 0 Å². The molecule has 3 N–H and O–H groups in total. The number of rotatable bonds is 5. The third-order valence-corrected chi connectivity index (χ3v) is 2.87. The van der Waals surface area contributed by atoms with Crippen molar-refractivity contribution in [2.24, 2.45) is 0 Å². The van der Waals surface area contributed by atoms with Crippen molar-refractivity contribution in [2.75, 3.05) is 24.2 Å². The second-order valence-electron chi connectivity index (χ2n) is 3.43. The van der Waals surface area contributed by atoms with Crippen LogP contribution in [0, 0.1) is 0 Å². The maximum atomic E-state index is 11.5. The Morgan fingerprint density at radius 2 is 2.38 bits per heavy atom. The van der Waals surface area contributed by atoms with Crippen LogP contribution >= 0.6 is 11.3 Å². The monoisotopic (exact) mass is 240 g/mol. The molecule has 4 nitrogen and oxygen atoms in total. The summed E-state index contributed by atoms with van der Waals surface area (Å²) in [6.45, 7) is 8.50. The molecule has 1 aromatic rings. The van der Waals surface area contributed by atoms with Gasteiger partial charge in [0.2, 0.25) is 0 Å². The lowest BCUT2D eigenvalue weighted by molar-refractivity contribution is 0.0533. The fourth-order valence-corrected chi connectivity index (χ4v) is 1.96. The van der Waals surface area contributed by atoms with Crippen molar-refractivity contribution in [3.05, 3.63) is 23.1 Å². The van der Waals surface area contributed by atoms with Gasteiger partial charge in [0.15, 0.2) is 0 Å². The maximum absolute atomic E-state index is 11.5. The average Bonchev–Trinajstić information content (AvgIpc) is 2.57. The molecule has 0 unspecified atom stereocenters. The van der Waals surface area contributed by atoms with E-state index in [1.54, 1.807) is 13.0 Å². The van der Waals surface area contributed by atoms with Gasteiger partial charge in [-0.1, -0.05) is 12.2 Å². The van der Waals surface area contributed by atoms with E-state index in [-0.39, 0.29) is 5.97 Å². The first-order valence-corrected chi connectivity index (χ1v) is 5.81.